The van der Waals surface area contributed by atoms with Crippen molar-refractivity contribution in [3.05, 3.63) is 18.2 Å². The van der Waals surface area contributed by atoms with E-state index < -0.39 is 5.60 Å². The number of morpholine rings is 1. The van der Waals surface area contributed by atoms with E-state index in [1.165, 1.54) is 0 Å². The third kappa shape index (κ3) is 4.58. The summed E-state index contributed by atoms with van der Waals surface area (Å²) in [6.07, 6.45) is 0.537. The van der Waals surface area contributed by atoms with Gasteiger partial charge in [0, 0.05) is 43.4 Å². The Balaban J connectivity index is 2.00. The van der Waals surface area contributed by atoms with E-state index in [0.717, 1.165) is 18.8 Å². The zero-order valence-electron chi connectivity index (χ0n) is 12.1. The molecule has 0 spiro atoms. The molecule has 1 aromatic carbocycles. The number of benzene rings is 1. The quantitative estimate of drug-likeness (QED) is 0.861. The first kappa shape index (κ1) is 14.9. The Labute approximate surface area is 119 Å². The molecule has 20 heavy (non-hydrogen) atoms. The predicted octanol–water partition coefficient (Wildman–Crippen LogP) is 1.77. The maximum absolute atomic E-state index is 9.80. The lowest BCUT2D eigenvalue weighted by atomic mass is 10.1. The third-order valence-electron chi connectivity index (χ3n) is 3.23. The summed E-state index contributed by atoms with van der Waals surface area (Å²) in [4.78, 5) is 2.16. The molecule has 0 bridgehead atoms. The van der Waals surface area contributed by atoms with E-state index in [9.17, 15) is 10.2 Å². The predicted molar refractivity (Wildman–Crippen MR) is 77.5 cm³/mol. The van der Waals surface area contributed by atoms with Gasteiger partial charge >= 0.3 is 0 Å². The van der Waals surface area contributed by atoms with Crippen LogP contribution in [0.5, 0.6) is 11.5 Å². The first-order chi connectivity index (χ1) is 9.44. The second-order valence-corrected chi connectivity index (χ2v) is 5.70. The molecule has 1 aliphatic heterocycles. The lowest BCUT2D eigenvalue weighted by Crippen LogP contribution is -2.36. The zero-order chi connectivity index (χ0) is 14.6. The first-order valence-corrected chi connectivity index (χ1v) is 6.96. The van der Waals surface area contributed by atoms with E-state index in [1.807, 2.05) is 6.07 Å². The molecule has 0 aliphatic carbocycles. The molecular formula is C15H23NO4. The molecule has 5 nitrogen and oxygen atoms in total. The summed E-state index contributed by atoms with van der Waals surface area (Å²) in [6, 6.07) is 5.23. The van der Waals surface area contributed by atoms with Crippen LogP contribution in [0, 0.1) is 0 Å². The number of anilines is 1. The molecule has 0 aromatic heterocycles. The van der Waals surface area contributed by atoms with Gasteiger partial charge in [-0.2, -0.15) is 0 Å². The van der Waals surface area contributed by atoms with Crippen molar-refractivity contribution >= 4 is 5.69 Å². The molecule has 112 valence electrons. The Hall–Kier alpha value is -1.46. The minimum absolute atomic E-state index is 0.187. The molecule has 0 saturated carbocycles. The number of hydrogen-bond donors (Lipinski definition) is 2. The molecule has 1 heterocycles. The highest BCUT2D eigenvalue weighted by atomic mass is 16.5. The van der Waals surface area contributed by atoms with Crippen LogP contribution in [0.4, 0.5) is 5.69 Å². The minimum Gasteiger partial charge on any atom is -0.508 e. The van der Waals surface area contributed by atoms with E-state index in [2.05, 4.69) is 4.90 Å². The Morgan fingerprint density at radius 3 is 2.60 bits per heavy atom. The van der Waals surface area contributed by atoms with Crippen molar-refractivity contribution < 1.29 is 19.7 Å². The van der Waals surface area contributed by atoms with Crippen molar-refractivity contribution in [2.24, 2.45) is 0 Å². The van der Waals surface area contributed by atoms with Crippen LogP contribution in [-0.2, 0) is 4.74 Å². The van der Waals surface area contributed by atoms with E-state index >= 15 is 0 Å². The Morgan fingerprint density at radius 2 is 1.95 bits per heavy atom. The molecule has 1 fully saturated rings. The van der Waals surface area contributed by atoms with Gasteiger partial charge in [0.05, 0.1) is 25.4 Å². The topological polar surface area (TPSA) is 62.2 Å². The van der Waals surface area contributed by atoms with Crippen molar-refractivity contribution in [3.8, 4) is 11.5 Å². The highest BCUT2D eigenvalue weighted by molar-refractivity contribution is 5.55. The van der Waals surface area contributed by atoms with E-state index in [0.29, 0.717) is 32.0 Å². The number of ether oxygens (including phenoxy) is 2. The van der Waals surface area contributed by atoms with Crippen LogP contribution in [0.25, 0.3) is 0 Å². The Morgan fingerprint density at radius 1 is 1.25 bits per heavy atom. The van der Waals surface area contributed by atoms with E-state index in [1.54, 1.807) is 26.0 Å². The van der Waals surface area contributed by atoms with Gasteiger partial charge < -0.3 is 24.6 Å². The standard InChI is InChI=1S/C15H23NO4/c1-15(2,18)3-6-20-14-10-12(9-13(17)11-14)16-4-7-19-8-5-16/h9-11,17-18H,3-8H2,1-2H3. The fourth-order valence-electron chi connectivity index (χ4n) is 2.07. The molecule has 5 heteroatoms. The van der Waals surface area contributed by atoms with Crippen LogP contribution < -0.4 is 9.64 Å². The number of nitrogens with zero attached hydrogens (tertiary/aromatic N) is 1. The van der Waals surface area contributed by atoms with Crippen LogP contribution in [0.2, 0.25) is 0 Å². The summed E-state index contributed by atoms with van der Waals surface area (Å²) in [5.74, 6) is 0.808. The fourth-order valence-corrected chi connectivity index (χ4v) is 2.07. The molecule has 1 aromatic rings. The number of phenolic OH excluding ortho intramolecular Hbond substituents is 1. The second kappa shape index (κ2) is 6.33. The Bertz CT molecular complexity index is 436. The van der Waals surface area contributed by atoms with Gasteiger partial charge in [0.25, 0.3) is 0 Å². The zero-order valence-corrected chi connectivity index (χ0v) is 12.1. The van der Waals surface area contributed by atoms with Gasteiger partial charge in [0.1, 0.15) is 11.5 Å². The number of aromatic hydroxyl groups is 1. The average Bonchev–Trinajstić information content (AvgIpc) is 2.37. The summed E-state index contributed by atoms with van der Waals surface area (Å²) in [5, 5.41) is 19.5. The molecule has 2 N–H and O–H groups in total. The van der Waals surface area contributed by atoms with E-state index in [-0.39, 0.29) is 5.75 Å². The lowest BCUT2D eigenvalue weighted by Gasteiger charge is -2.29. The maximum Gasteiger partial charge on any atom is 0.125 e. The van der Waals surface area contributed by atoms with Gasteiger partial charge in [-0.15, -0.1) is 0 Å². The highest BCUT2D eigenvalue weighted by Gasteiger charge is 2.15. The van der Waals surface area contributed by atoms with Gasteiger partial charge in [0.15, 0.2) is 0 Å². The van der Waals surface area contributed by atoms with Crippen molar-refractivity contribution in [1.82, 2.24) is 0 Å². The summed E-state index contributed by atoms with van der Waals surface area (Å²) in [6.45, 7) is 6.93. The second-order valence-electron chi connectivity index (χ2n) is 5.70. The van der Waals surface area contributed by atoms with Crippen LogP contribution in [0.3, 0.4) is 0 Å². The van der Waals surface area contributed by atoms with Crippen LogP contribution in [0.15, 0.2) is 18.2 Å². The first-order valence-electron chi connectivity index (χ1n) is 6.96. The summed E-state index contributed by atoms with van der Waals surface area (Å²) < 4.78 is 10.9. The highest BCUT2D eigenvalue weighted by Crippen LogP contribution is 2.28. The molecule has 0 amide bonds. The number of phenols is 1. The third-order valence-corrected chi connectivity index (χ3v) is 3.23. The molecule has 1 saturated heterocycles. The van der Waals surface area contributed by atoms with Crippen molar-refractivity contribution in [2.45, 2.75) is 25.9 Å². The van der Waals surface area contributed by atoms with Gasteiger partial charge in [-0.1, -0.05) is 0 Å². The van der Waals surface area contributed by atoms with Crippen LogP contribution in [-0.4, -0.2) is 48.7 Å². The number of hydrogen-bond acceptors (Lipinski definition) is 5. The van der Waals surface area contributed by atoms with Gasteiger partial charge in [0.2, 0.25) is 0 Å². The van der Waals surface area contributed by atoms with Crippen molar-refractivity contribution in [1.29, 1.82) is 0 Å². The molecule has 2 rings (SSSR count). The fraction of sp³-hybridized carbons (Fsp3) is 0.600. The van der Waals surface area contributed by atoms with Crippen LogP contribution in [0.1, 0.15) is 20.3 Å². The summed E-state index contributed by atoms with van der Waals surface area (Å²) >= 11 is 0. The smallest absolute Gasteiger partial charge is 0.125 e. The monoisotopic (exact) mass is 281 g/mol. The Kier molecular flexibility index (Phi) is 4.73. The van der Waals surface area contributed by atoms with Crippen LogP contribution >= 0.6 is 0 Å². The minimum atomic E-state index is -0.746. The van der Waals surface area contributed by atoms with Crippen molar-refractivity contribution in [3.63, 3.8) is 0 Å². The number of aliphatic hydroxyl groups is 1. The molecule has 0 radical (unpaired) electrons. The normalized spacial score (nSPS) is 16.2. The van der Waals surface area contributed by atoms with Gasteiger partial charge in [-0.3, -0.25) is 0 Å². The van der Waals surface area contributed by atoms with E-state index in [4.69, 9.17) is 9.47 Å². The summed E-state index contributed by atoms with van der Waals surface area (Å²) in [5.41, 5.74) is 0.190. The van der Waals surface area contributed by atoms with Gasteiger partial charge in [-0.05, 0) is 13.8 Å². The van der Waals surface area contributed by atoms with Gasteiger partial charge in [-0.25, -0.2) is 0 Å². The average molecular weight is 281 g/mol. The lowest BCUT2D eigenvalue weighted by molar-refractivity contribution is 0.0553. The largest absolute Gasteiger partial charge is 0.508 e. The molecule has 0 atom stereocenters. The number of rotatable bonds is 5. The SMILES string of the molecule is CC(C)(O)CCOc1cc(O)cc(N2CCOCC2)c1. The summed E-state index contributed by atoms with van der Waals surface area (Å²) in [7, 11) is 0. The molecular weight excluding hydrogens is 258 g/mol. The molecule has 1 aliphatic rings. The maximum atomic E-state index is 9.80. The van der Waals surface area contributed by atoms with Crippen molar-refractivity contribution in [2.75, 3.05) is 37.8 Å². The molecule has 0 unspecified atom stereocenters.